The Kier molecular flexibility index (Phi) is 6.86. The second-order valence-electron chi connectivity index (χ2n) is 9.32. The molecule has 1 saturated heterocycles. The second kappa shape index (κ2) is 9.99. The van der Waals surface area contributed by atoms with Crippen molar-refractivity contribution in [3.63, 3.8) is 0 Å². The quantitative estimate of drug-likeness (QED) is 0.529. The molecule has 0 saturated carbocycles. The maximum absolute atomic E-state index is 9.40. The SMILES string of the molecule is COc1ccc(-c2ncc(-c3cccc(C#N)c3)c(C3CCN(CC(C)(C)C#N)CC3)n2)cn1. The Morgan fingerprint density at radius 2 is 1.85 bits per heavy atom. The van der Waals surface area contributed by atoms with Crippen molar-refractivity contribution in [3.8, 4) is 40.5 Å². The molecular formula is C27H28N6O. The number of piperidine rings is 1. The summed E-state index contributed by atoms with van der Waals surface area (Å²) in [6.45, 7) is 6.56. The number of nitriles is 2. The van der Waals surface area contributed by atoms with Crippen molar-refractivity contribution in [1.29, 1.82) is 10.5 Å². The Bertz CT molecular complexity index is 1230. The summed E-state index contributed by atoms with van der Waals surface area (Å²) in [7, 11) is 1.59. The number of ether oxygens (including phenoxy) is 1. The summed E-state index contributed by atoms with van der Waals surface area (Å²) in [4.78, 5) is 16.3. The Morgan fingerprint density at radius 1 is 1.06 bits per heavy atom. The van der Waals surface area contributed by atoms with Crippen LogP contribution < -0.4 is 4.74 Å². The first-order valence-electron chi connectivity index (χ1n) is 11.4. The van der Waals surface area contributed by atoms with Crippen LogP contribution in [0.15, 0.2) is 48.8 Å². The van der Waals surface area contributed by atoms with Gasteiger partial charge in [-0.1, -0.05) is 12.1 Å². The fraction of sp³-hybridized carbons (Fsp3) is 0.370. The predicted molar refractivity (Wildman–Crippen MR) is 130 cm³/mol. The molecule has 4 rings (SSSR count). The average molecular weight is 453 g/mol. The van der Waals surface area contributed by atoms with Crippen LogP contribution in [-0.4, -0.2) is 46.6 Å². The summed E-state index contributed by atoms with van der Waals surface area (Å²) >= 11 is 0. The molecule has 0 aliphatic carbocycles. The fourth-order valence-corrected chi connectivity index (χ4v) is 4.42. The summed E-state index contributed by atoms with van der Waals surface area (Å²) in [5.74, 6) is 1.43. The largest absolute Gasteiger partial charge is 0.481 e. The van der Waals surface area contributed by atoms with E-state index in [-0.39, 0.29) is 11.3 Å². The fourth-order valence-electron chi connectivity index (χ4n) is 4.42. The minimum atomic E-state index is -0.362. The van der Waals surface area contributed by atoms with Gasteiger partial charge in [0.2, 0.25) is 5.88 Å². The molecule has 7 heteroatoms. The van der Waals surface area contributed by atoms with E-state index in [1.807, 2.05) is 44.3 Å². The van der Waals surface area contributed by atoms with E-state index < -0.39 is 0 Å². The number of benzene rings is 1. The zero-order valence-corrected chi connectivity index (χ0v) is 19.8. The van der Waals surface area contributed by atoms with Gasteiger partial charge in [0.05, 0.1) is 35.9 Å². The highest BCUT2D eigenvalue weighted by molar-refractivity contribution is 5.69. The van der Waals surface area contributed by atoms with Crippen LogP contribution >= 0.6 is 0 Å². The average Bonchev–Trinajstić information content (AvgIpc) is 2.88. The topological polar surface area (TPSA) is 98.7 Å². The van der Waals surface area contributed by atoms with Crippen molar-refractivity contribution in [1.82, 2.24) is 19.9 Å². The molecule has 7 nitrogen and oxygen atoms in total. The van der Waals surface area contributed by atoms with E-state index >= 15 is 0 Å². The Hall–Kier alpha value is -3.81. The zero-order valence-electron chi connectivity index (χ0n) is 19.8. The molecule has 1 aliphatic rings. The molecule has 3 heterocycles. The van der Waals surface area contributed by atoms with Gasteiger partial charge in [0.15, 0.2) is 5.82 Å². The van der Waals surface area contributed by atoms with Gasteiger partial charge in [-0.3, -0.25) is 0 Å². The van der Waals surface area contributed by atoms with Gasteiger partial charge in [0.1, 0.15) is 0 Å². The first kappa shape index (κ1) is 23.4. The maximum Gasteiger partial charge on any atom is 0.212 e. The summed E-state index contributed by atoms with van der Waals surface area (Å²) in [5, 5.41) is 18.8. The van der Waals surface area contributed by atoms with Crippen LogP contribution in [0.2, 0.25) is 0 Å². The number of hydrogen-bond acceptors (Lipinski definition) is 7. The molecule has 0 N–H and O–H groups in total. The minimum Gasteiger partial charge on any atom is -0.481 e. The molecule has 1 aliphatic heterocycles. The van der Waals surface area contributed by atoms with E-state index in [1.54, 1.807) is 25.4 Å². The zero-order chi connectivity index (χ0) is 24.1. The lowest BCUT2D eigenvalue weighted by Gasteiger charge is -2.35. The lowest BCUT2D eigenvalue weighted by Crippen LogP contribution is -2.39. The molecular weight excluding hydrogens is 424 g/mol. The van der Waals surface area contributed by atoms with Crippen LogP contribution in [-0.2, 0) is 0 Å². The van der Waals surface area contributed by atoms with Crippen LogP contribution in [0.3, 0.4) is 0 Å². The number of nitrogens with zero attached hydrogens (tertiary/aromatic N) is 6. The van der Waals surface area contributed by atoms with Crippen molar-refractivity contribution < 1.29 is 4.74 Å². The normalized spacial score (nSPS) is 14.9. The van der Waals surface area contributed by atoms with Gasteiger partial charge in [-0.15, -0.1) is 0 Å². The van der Waals surface area contributed by atoms with Crippen molar-refractivity contribution >= 4 is 0 Å². The molecule has 1 aromatic carbocycles. The second-order valence-corrected chi connectivity index (χ2v) is 9.32. The maximum atomic E-state index is 9.40. The molecule has 0 amide bonds. The predicted octanol–water partition coefficient (Wildman–Crippen LogP) is 4.82. The molecule has 2 aromatic heterocycles. The van der Waals surface area contributed by atoms with Gasteiger partial charge in [0, 0.05) is 42.0 Å². The smallest absolute Gasteiger partial charge is 0.212 e. The van der Waals surface area contributed by atoms with Gasteiger partial charge in [0.25, 0.3) is 0 Å². The molecule has 34 heavy (non-hydrogen) atoms. The molecule has 0 spiro atoms. The third-order valence-electron chi connectivity index (χ3n) is 6.22. The molecule has 1 fully saturated rings. The van der Waals surface area contributed by atoms with Crippen molar-refractivity contribution in [3.05, 3.63) is 60.0 Å². The Morgan fingerprint density at radius 3 is 2.50 bits per heavy atom. The van der Waals surface area contributed by atoms with Crippen LogP contribution in [0.5, 0.6) is 5.88 Å². The summed E-state index contributed by atoms with van der Waals surface area (Å²) in [6, 6.07) is 15.9. The third-order valence-corrected chi connectivity index (χ3v) is 6.22. The number of hydrogen-bond donors (Lipinski definition) is 0. The van der Waals surface area contributed by atoms with E-state index in [2.05, 4.69) is 27.0 Å². The third kappa shape index (κ3) is 5.22. The first-order chi connectivity index (χ1) is 16.4. The Balaban J connectivity index is 1.68. The molecule has 0 unspecified atom stereocenters. The minimum absolute atomic E-state index is 0.259. The Labute approximate surface area is 200 Å². The standard InChI is InChI=1S/C27H28N6O/c1-27(2,17-29)18-33-11-9-20(10-12-33)25-23(21-6-4-5-19(13-21)14-28)16-31-26(32-25)22-7-8-24(34-3)30-15-22/h4-8,13,15-16,20H,9-12,18H2,1-3H3. The molecule has 0 atom stereocenters. The monoisotopic (exact) mass is 452 g/mol. The number of rotatable bonds is 6. The lowest BCUT2D eigenvalue weighted by atomic mass is 9.87. The van der Waals surface area contributed by atoms with Crippen LogP contribution in [0.25, 0.3) is 22.5 Å². The van der Waals surface area contributed by atoms with E-state index in [0.717, 1.165) is 54.9 Å². The van der Waals surface area contributed by atoms with E-state index in [9.17, 15) is 10.5 Å². The van der Waals surface area contributed by atoms with Gasteiger partial charge in [-0.05, 0) is 63.5 Å². The number of pyridine rings is 1. The molecule has 0 radical (unpaired) electrons. The van der Waals surface area contributed by atoms with Gasteiger partial charge < -0.3 is 9.64 Å². The molecule has 0 bridgehead atoms. The number of likely N-dealkylation sites (tertiary alicyclic amines) is 1. The molecule has 172 valence electrons. The highest BCUT2D eigenvalue weighted by Crippen LogP contribution is 2.36. The summed E-state index contributed by atoms with van der Waals surface area (Å²) in [6.07, 6.45) is 5.48. The highest BCUT2D eigenvalue weighted by Gasteiger charge is 2.28. The van der Waals surface area contributed by atoms with Crippen molar-refractivity contribution in [2.24, 2.45) is 5.41 Å². The van der Waals surface area contributed by atoms with Gasteiger partial charge in [-0.25, -0.2) is 15.0 Å². The molecule has 3 aromatic rings. The van der Waals surface area contributed by atoms with E-state index in [0.29, 0.717) is 17.3 Å². The lowest BCUT2D eigenvalue weighted by molar-refractivity contribution is 0.169. The van der Waals surface area contributed by atoms with Crippen molar-refractivity contribution in [2.75, 3.05) is 26.7 Å². The number of methoxy groups -OCH3 is 1. The summed E-state index contributed by atoms with van der Waals surface area (Å²) < 4.78 is 5.17. The number of aromatic nitrogens is 3. The van der Waals surface area contributed by atoms with Crippen LogP contribution in [0.4, 0.5) is 0 Å². The van der Waals surface area contributed by atoms with Crippen LogP contribution in [0.1, 0.15) is 43.9 Å². The summed E-state index contributed by atoms with van der Waals surface area (Å²) in [5.41, 5.74) is 3.97. The van der Waals surface area contributed by atoms with Crippen molar-refractivity contribution in [2.45, 2.75) is 32.6 Å². The van der Waals surface area contributed by atoms with Crippen LogP contribution in [0, 0.1) is 28.1 Å². The van der Waals surface area contributed by atoms with E-state index in [1.165, 1.54) is 0 Å². The van der Waals surface area contributed by atoms with E-state index in [4.69, 9.17) is 9.72 Å². The van der Waals surface area contributed by atoms with Gasteiger partial charge >= 0.3 is 0 Å². The van der Waals surface area contributed by atoms with Gasteiger partial charge in [-0.2, -0.15) is 10.5 Å². The highest BCUT2D eigenvalue weighted by atomic mass is 16.5. The first-order valence-corrected chi connectivity index (χ1v) is 11.4.